The minimum Gasteiger partial charge on any atom is -0.393 e. The Morgan fingerprint density at radius 2 is 1.77 bits per heavy atom. The highest BCUT2D eigenvalue weighted by Crippen LogP contribution is 2.65. The first kappa shape index (κ1) is 19.4. The molecule has 0 radical (unpaired) electrons. The summed E-state index contributed by atoms with van der Waals surface area (Å²) in [6.07, 6.45) is 9.80. The maximum Gasteiger partial charge on any atom is 0.0614 e. The van der Waals surface area contributed by atoms with E-state index in [0.29, 0.717) is 5.41 Å². The molecule has 0 heterocycles. The number of aliphatic hydroxyl groups is 2. The first-order valence-electron chi connectivity index (χ1n) is 8.73. The van der Waals surface area contributed by atoms with Crippen molar-refractivity contribution in [3.63, 3.8) is 0 Å². The number of hydrogen-bond acceptors (Lipinski definition) is 2. The van der Waals surface area contributed by atoms with Gasteiger partial charge in [0.1, 0.15) is 0 Å². The molecular formula is C20H36O2. The van der Waals surface area contributed by atoms with Gasteiger partial charge >= 0.3 is 0 Å². The Morgan fingerprint density at radius 3 is 2.09 bits per heavy atom. The van der Waals surface area contributed by atoms with Crippen LogP contribution < -0.4 is 0 Å². The first-order chi connectivity index (χ1) is 10.1. The molecule has 0 aromatic rings. The Hall–Kier alpha value is -0.600. The highest BCUT2D eigenvalue weighted by Gasteiger charge is 2.60. The lowest BCUT2D eigenvalue weighted by Gasteiger charge is -2.36. The normalized spacial score (nSPS) is 32.5. The minimum absolute atomic E-state index is 0.0313. The topological polar surface area (TPSA) is 40.5 Å². The summed E-state index contributed by atoms with van der Waals surface area (Å²) < 4.78 is 0. The van der Waals surface area contributed by atoms with Gasteiger partial charge in [-0.1, -0.05) is 44.1 Å². The largest absolute Gasteiger partial charge is 0.393 e. The summed E-state index contributed by atoms with van der Waals surface area (Å²) in [4.78, 5) is 0. The molecule has 3 unspecified atom stereocenters. The van der Waals surface area contributed by atoms with Crippen LogP contribution >= 0.6 is 0 Å². The second-order valence-corrected chi connectivity index (χ2v) is 8.18. The fraction of sp³-hybridized carbons (Fsp3) is 0.800. The highest BCUT2D eigenvalue weighted by molar-refractivity contribution is 5.10. The van der Waals surface area contributed by atoms with Gasteiger partial charge < -0.3 is 10.2 Å². The van der Waals surface area contributed by atoms with Crippen LogP contribution in [0.1, 0.15) is 73.6 Å². The van der Waals surface area contributed by atoms with Crippen molar-refractivity contribution in [1.82, 2.24) is 0 Å². The molecule has 22 heavy (non-hydrogen) atoms. The van der Waals surface area contributed by atoms with Crippen molar-refractivity contribution in [1.29, 1.82) is 0 Å². The zero-order valence-electron chi connectivity index (χ0n) is 15.4. The summed E-state index contributed by atoms with van der Waals surface area (Å²) in [7, 11) is 0. The van der Waals surface area contributed by atoms with Crippen molar-refractivity contribution in [3.05, 3.63) is 23.3 Å². The fourth-order valence-corrected chi connectivity index (χ4v) is 4.01. The molecule has 0 aromatic carbocycles. The van der Waals surface area contributed by atoms with Crippen LogP contribution in [0.5, 0.6) is 0 Å². The van der Waals surface area contributed by atoms with Gasteiger partial charge in [0.05, 0.1) is 12.7 Å². The number of rotatable bonds is 4. The van der Waals surface area contributed by atoms with Crippen molar-refractivity contribution < 1.29 is 10.2 Å². The Bertz CT molecular complexity index is 415. The maximum atomic E-state index is 9.81. The quantitative estimate of drug-likeness (QED) is 0.728. The molecule has 0 aromatic heterocycles. The van der Waals surface area contributed by atoms with E-state index < -0.39 is 0 Å². The average Bonchev–Trinajstić information content (AvgIpc) is 2.72. The van der Waals surface area contributed by atoms with Gasteiger partial charge in [-0.3, -0.25) is 0 Å². The van der Waals surface area contributed by atoms with Crippen molar-refractivity contribution in [3.8, 4) is 0 Å². The van der Waals surface area contributed by atoms with Crippen LogP contribution in [-0.2, 0) is 0 Å². The lowest BCUT2D eigenvalue weighted by molar-refractivity contribution is 0.0126. The molecule has 0 spiro atoms. The lowest BCUT2D eigenvalue weighted by atomic mass is 9.70. The molecule has 2 rings (SSSR count). The predicted octanol–water partition coefficient (Wildman–Crippen LogP) is 4.86. The zero-order valence-corrected chi connectivity index (χ0v) is 15.4. The summed E-state index contributed by atoms with van der Waals surface area (Å²) in [5, 5.41) is 18.4. The Balaban J connectivity index is 0.000000220. The Labute approximate surface area is 137 Å². The van der Waals surface area contributed by atoms with Gasteiger partial charge in [-0.2, -0.15) is 0 Å². The number of fused-ring (bicyclic) bond motifs is 2. The summed E-state index contributed by atoms with van der Waals surface area (Å²) >= 11 is 0. The molecule has 0 saturated heterocycles. The van der Waals surface area contributed by atoms with E-state index in [1.165, 1.54) is 24.0 Å². The standard InChI is InChI=1S/2C10H18O/c1-9(2)7-4-5-10(9,3)8(11)6-7;1-9(2)5-4-6-10(3)7-8-11/h7-8,11H,4-6H2,1-3H3;5,7,11H,4,6,8H2,1-3H3/b;10-7+. The molecule has 2 fully saturated rings. The second-order valence-electron chi connectivity index (χ2n) is 8.18. The van der Waals surface area contributed by atoms with E-state index >= 15 is 0 Å². The molecule has 2 aliphatic carbocycles. The molecule has 2 N–H and O–H groups in total. The van der Waals surface area contributed by atoms with Gasteiger partial charge in [-0.25, -0.2) is 0 Å². The molecule has 3 atom stereocenters. The van der Waals surface area contributed by atoms with E-state index in [-0.39, 0.29) is 18.1 Å². The Morgan fingerprint density at radius 1 is 1.14 bits per heavy atom. The van der Waals surface area contributed by atoms with Gasteiger partial charge in [0.25, 0.3) is 0 Å². The molecule has 0 aliphatic heterocycles. The van der Waals surface area contributed by atoms with Crippen molar-refractivity contribution in [2.75, 3.05) is 6.61 Å². The third-order valence-corrected chi connectivity index (χ3v) is 6.28. The summed E-state index contributed by atoms with van der Waals surface area (Å²) in [6, 6.07) is 0. The number of hydrogen-bond donors (Lipinski definition) is 2. The lowest BCUT2D eigenvalue weighted by Crippen LogP contribution is -2.35. The Kier molecular flexibility index (Phi) is 6.88. The predicted molar refractivity (Wildman–Crippen MR) is 94.7 cm³/mol. The molecule has 2 bridgehead atoms. The van der Waals surface area contributed by atoms with Crippen molar-refractivity contribution >= 4 is 0 Å². The zero-order chi connectivity index (χ0) is 17.0. The third kappa shape index (κ3) is 4.23. The van der Waals surface area contributed by atoms with Gasteiger partial charge in [-0.15, -0.1) is 0 Å². The average molecular weight is 309 g/mol. The van der Waals surface area contributed by atoms with Gasteiger partial charge in [-0.05, 0) is 69.6 Å². The smallest absolute Gasteiger partial charge is 0.0614 e. The van der Waals surface area contributed by atoms with E-state index in [2.05, 4.69) is 47.6 Å². The second kappa shape index (κ2) is 7.79. The molecular weight excluding hydrogens is 272 g/mol. The fourth-order valence-electron chi connectivity index (χ4n) is 4.01. The summed E-state index contributed by atoms with van der Waals surface area (Å²) in [5.41, 5.74) is 3.23. The number of aliphatic hydroxyl groups excluding tert-OH is 2. The number of allylic oxidation sites excluding steroid dienone is 3. The highest BCUT2D eigenvalue weighted by atomic mass is 16.3. The molecule has 0 amide bonds. The van der Waals surface area contributed by atoms with Crippen LogP contribution in [-0.4, -0.2) is 22.9 Å². The van der Waals surface area contributed by atoms with E-state index in [1.807, 2.05) is 6.08 Å². The monoisotopic (exact) mass is 308 g/mol. The van der Waals surface area contributed by atoms with Gasteiger partial charge in [0.15, 0.2) is 0 Å². The molecule has 2 heteroatoms. The van der Waals surface area contributed by atoms with Crippen LogP contribution in [0, 0.1) is 16.7 Å². The van der Waals surface area contributed by atoms with Crippen LogP contribution in [0.4, 0.5) is 0 Å². The van der Waals surface area contributed by atoms with Gasteiger partial charge in [0.2, 0.25) is 0 Å². The molecule has 2 saturated carbocycles. The molecule has 2 aliphatic rings. The summed E-state index contributed by atoms with van der Waals surface area (Å²) in [5.74, 6) is 0.780. The minimum atomic E-state index is -0.0313. The van der Waals surface area contributed by atoms with Crippen LogP contribution in [0.2, 0.25) is 0 Å². The first-order valence-corrected chi connectivity index (χ1v) is 8.73. The maximum absolute atomic E-state index is 9.81. The van der Waals surface area contributed by atoms with Crippen LogP contribution in [0.15, 0.2) is 23.3 Å². The molecule has 2 nitrogen and oxygen atoms in total. The molecule has 128 valence electrons. The van der Waals surface area contributed by atoms with Crippen molar-refractivity contribution in [2.45, 2.75) is 79.8 Å². The SMILES string of the molecule is CC(C)=CCC/C(C)=C/CO.CC1(C)C2CCC1(C)C(O)C2. The van der Waals surface area contributed by atoms with E-state index in [0.717, 1.165) is 25.2 Å². The van der Waals surface area contributed by atoms with Crippen LogP contribution in [0.25, 0.3) is 0 Å². The van der Waals surface area contributed by atoms with Gasteiger partial charge in [0, 0.05) is 0 Å². The van der Waals surface area contributed by atoms with Crippen molar-refractivity contribution in [2.24, 2.45) is 16.7 Å². The van der Waals surface area contributed by atoms with E-state index in [9.17, 15) is 5.11 Å². The van der Waals surface area contributed by atoms with E-state index in [1.54, 1.807) is 0 Å². The third-order valence-electron chi connectivity index (χ3n) is 6.28. The van der Waals surface area contributed by atoms with Crippen LogP contribution in [0.3, 0.4) is 0 Å². The summed E-state index contributed by atoms with van der Waals surface area (Å²) in [6.45, 7) is 13.3. The van der Waals surface area contributed by atoms with E-state index in [4.69, 9.17) is 5.11 Å².